The van der Waals surface area contributed by atoms with Crippen LogP contribution in [0.5, 0.6) is 0 Å². The molecule has 0 radical (unpaired) electrons. The second-order valence-electron chi connectivity index (χ2n) is 8.64. The van der Waals surface area contributed by atoms with Crippen LogP contribution in [0.3, 0.4) is 0 Å². The van der Waals surface area contributed by atoms with Gasteiger partial charge in [0.05, 0.1) is 18.8 Å². The molecular weight excluding hydrogens is 478 g/mol. The molecule has 0 bridgehead atoms. The van der Waals surface area contributed by atoms with Crippen LogP contribution < -0.4 is 27.4 Å². The van der Waals surface area contributed by atoms with Gasteiger partial charge in [0.1, 0.15) is 18.1 Å². The van der Waals surface area contributed by atoms with Crippen LogP contribution in [0, 0.1) is 5.92 Å². The number of nitrogens with zero attached hydrogens (tertiary/aromatic N) is 1. The molecule has 36 heavy (non-hydrogen) atoms. The maximum absolute atomic E-state index is 13.1. The molecule has 0 aliphatic rings. The van der Waals surface area contributed by atoms with Crippen molar-refractivity contribution in [2.75, 3.05) is 0 Å². The molecular formula is C21H33N7O8. The molecule has 1 aromatic heterocycles. The molecule has 0 aliphatic carbocycles. The molecule has 4 amide bonds. The first-order chi connectivity index (χ1) is 16.8. The van der Waals surface area contributed by atoms with Crippen molar-refractivity contribution < 1.29 is 39.0 Å². The smallest absolute Gasteiger partial charge is 0.326 e. The number of imidazole rings is 1. The van der Waals surface area contributed by atoms with E-state index in [0.29, 0.717) is 5.69 Å². The molecule has 15 heteroatoms. The van der Waals surface area contributed by atoms with E-state index in [-0.39, 0.29) is 25.2 Å². The highest BCUT2D eigenvalue weighted by molar-refractivity contribution is 5.95. The maximum Gasteiger partial charge on any atom is 0.326 e. The van der Waals surface area contributed by atoms with Crippen LogP contribution in [0.1, 0.15) is 45.2 Å². The number of nitrogens with one attached hydrogen (secondary N) is 4. The van der Waals surface area contributed by atoms with Gasteiger partial charge in [-0.05, 0) is 18.8 Å². The number of hydrogen-bond donors (Lipinski definition) is 8. The summed E-state index contributed by atoms with van der Waals surface area (Å²) in [4.78, 5) is 78.4. The van der Waals surface area contributed by atoms with Crippen LogP contribution >= 0.6 is 0 Å². The number of primary amides is 1. The molecule has 4 unspecified atom stereocenters. The topological polar surface area (TPSA) is 260 Å². The Morgan fingerprint density at radius 1 is 0.972 bits per heavy atom. The zero-order valence-electron chi connectivity index (χ0n) is 20.0. The number of carboxylic acid groups (broad SMARTS) is 2. The monoisotopic (exact) mass is 511 g/mol. The first kappa shape index (κ1) is 30.0. The number of rotatable bonds is 16. The number of aliphatic carboxylic acids is 2. The summed E-state index contributed by atoms with van der Waals surface area (Å²) in [6.07, 6.45) is 1.51. The van der Waals surface area contributed by atoms with E-state index in [2.05, 4.69) is 25.9 Å². The van der Waals surface area contributed by atoms with Gasteiger partial charge in [0.25, 0.3) is 0 Å². The van der Waals surface area contributed by atoms with E-state index < -0.39 is 72.6 Å². The molecule has 200 valence electrons. The fourth-order valence-electron chi connectivity index (χ4n) is 3.19. The second-order valence-corrected chi connectivity index (χ2v) is 8.64. The molecule has 15 nitrogen and oxygen atoms in total. The van der Waals surface area contributed by atoms with Gasteiger partial charge in [-0.1, -0.05) is 13.8 Å². The third kappa shape index (κ3) is 10.9. The number of nitrogens with two attached hydrogens (primary N) is 2. The van der Waals surface area contributed by atoms with Gasteiger partial charge in [-0.3, -0.25) is 24.0 Å². The average molecular weight is 512 g/mol. The third-order valence-corrected chi connectivity index (χ3v) is 4.97. The van der Waals surface area contributed by atoms with E-state index in [0.717, 1.165) is 0 Å². The van der Waals surface area contributed by atoms with Gasteiger partial charge >= 0.3 is 11.9 Å². The minimum absolute atomic E-state index is 0.0688. The number of aromatic nitrogens is 2. The number of hydrogen-bond acceptors (Lipinski definition) is 8. The van der Waals surface area contributed by atoms with E-state index in [1.807, 2.05) is 0 Å². The summed E-state index contributed by atoms with van der Waals surface area (Å²) in [5.41, 5.74) is 11.2. The summed E-state index contributed by atoms with van der Waals surface area (Å²) in [6, 6.07) is -5.21. The Balaban J connectivity index is 3.07. The van der Waals surface area contributed by atoms with Gasteiger partial charge in [0.15, 0.2) is 0 Å². The van der Waals surface area contributed by atoms with Gasteiger partial charge in [0, 0.05) is 24.7 Å². The van der Waals surface area contributed by atoms with Crippen LogP contribution in [0.15, 0.2) is 12.5 Å². The number of H-pyrrole nitrogens is 1. The zero-order valence-corrected chi connectivity index (χ0v) is 20.0. The molecule has 1 rings (SSSR count). The largest absolute Gasteiger partial charge is 0.481 e. The highest BCUT2D eigenvalue weighted by atomic mass is 16.4. The van der Waals surface area contributed by atoms with E-state index in [1.165, 1.54) is 12.5 Å². The van der Waals surface area contributed by atoms with Crippen LogP contribution in [0.2, 0.25) is 0 Å². The minimum atomic E-state index is -1.51. The summed E-state index contributed by atoms with van der Waals surface area (Å²) >= 11 is 0. The number of carbonyl (C=O) groups is 6. The average Bonchev–Trinajstić information content (AvgIpc) is 3.27. The highest BCUT2D eigenvalue weighted by Gasteiger charge is 2.31. The first-order valence-electron chi connectivity index (χ1n) is 11.2. The lowest BCUT2D eigenvalue weighted by molar-refractivity contribution is -0.143. The van der Waals surface area contributed by atoms with Crippen molar-refractivity contribution in [2.24, 2.45) is 17.4 Å². The molecule has 0 fully saturated rings. The lowest BCUT2D eigenvalue weighted by Gasteiger charge is -2.25. The Kier molecular flexibility index (Phi) is 12.0. The normalized spacial score (nSPS) is 14.2. The summed E-state index contributed by atoms with van der Waals surface area (Å²) < 4.78 is 0. The standard InChI is InChI=1S/C21H33N7O8/c1-10(2)5-14(27-18(32)12(22)7-16(23)29)19(33)28-15(6-11-8-24-9-25-11)20(34)26-13(21(35)36)3-4-17(30)31/h8-10,12-15H,3-7,22H2,1-2H3,(H2,23,29)(H,24,25)(H,26,34)(H,27,32)(H,28,33)(H,30,31)(H,35,36). The summed E-state index contributed by atoms with van der Waals surface area (Å²) in [5.74, 6) is -5.96. The van der Waals surface area contributed by atoms with Gasteiger partial charge in [0.2, 0.25) is 23.6 Å². The predicted octanol–water partition coefficient (Wildman–Crippen LogP) is -2.40. The molecule has 0 spiro atoms. The van der Waals surface area contributed by atoms with Gasteiger partial charge < -0.3 is 42.6 Å². The fourth-order valence-corrected chi connectivity index (χ4v) is 3.19. The third-order valence-electron chi connectivity index (χ3n) is 4.97. The van der Waals surface area contributed by atoms with Crippen molar-refractivity contribution in [2.45, 2.75) is 70.1 Å². The van der Waals surface area contributed by atoms with E-state index >= 15 is 0 Å². The molecule has 4 atom stereocenters. The van der Waals surface area contributed by atoms with Crippen LogP contribution in [0.25, 0.3) is 0 Å². The minimum Gasteiger partial charge on any atom is -0.481 e. The fraction of sp³-hybridized carbons (Fsp3) is 0.571. The number of amides is 4. The Morgan fingerprint density at radius 3 is 2.06 bits per heavy atom. The van der Waals surface area contributed by atoms with Crippen molar-refractivity contribution in [3.8, 4) is 0 Å². The predicted molar refractivity (Wildman–Crippen MR) is 124 cm³/mol. The Bertz CT molecular complexity index is 935. The lowest BCUT2D eigenvalue weighted by atomic mass is 10.0. The van der Waals surface area contributed by atoms with Gasteiger partial charge in [-0.15, -0.1) is 0 Å². The molecule has 1 heterocycles. The van der Waals surface area contributed by atoms with Gasteiger partial charge in [-0.25, -0.2) is 9.78 Å². The summed E-state index contributed by atoms with van der Waals surface area (Å²) in [6.45, 7) is 3.59. The number of carboxylic acids is 2. The number of carbonyl (C=O) groups excluding carboxylic acids is 4. The maximum atomic E-state index is 13.1. The van der Waals surface area contributed by atoms with E-state index in [4.69, 9.17) is 16.6 Å². The van der Waals surface area contributed by atoms with Crippen molar-refractivity contribution in [3.63, 3.8) is 0 Å². The van der Waals surface area contributed by atoms with Crippen LogP contribution in [-0.4, -0.2) is 79.9 Å². The van der Waals surface area contributed by atoms with E-state index in [9.17, 15) is 33.9 Å². The first-order valence-corrected chi connectivity index (χ1v) is 11.2. The van der Waals surface area contributed by atoms with Gasteiger partial charge in [-0.2, -0.15) is 0 Å². The molecule has 0 aromatic carbocycles. The summed E-state index contributed by atoms with van der Waals surface area (Å²) in [5, 5.41) is 25.4. The Hall–Kier alpha value is -4.01. The Labute approximate surface area is 206 Å². The molecule has 0 aliphatic heterocycles. The quantitative estimate of drug-likeness (QED) is 0.117. The van der Waals surface area contributed by atoms with Crippen molar-refractivity contribution in [1.82, 2.24) is 25.9 Å². The Morgan fingerprint density at radius 2 is 1.56 bits per heavy atom. The van der Waals surface area contributed by atoms with Crippen molar-refractivity contribution >= 4 is 35.6 Å². The summed E-state index contributed by atoms with van der Waals surface area (Å²) in [7, 11) is 0. The van der Waals surface area contributed by atoms with E-state index in [1.54, 1.807) is 13.8 Å². The molecule has 1 aromatic rings. The van der Waals surface area contributed by atoms with Crippen molar-refractivity contribution in [3.05, 3.63) is 18.2 Å². The highest BCUT2D eigenvalue weighted by Crippen LogP contribution is 2.08. The van der Waals surface area contributed by atoms with Crippen LogP contribution in [0.4, 0.5) is 0 Å². The van der Waals surface area contributed by atoms with Crippen LogP contribution in [-0.2, 0) is 35.2 Å². The molecule has 0 saturated carbocycles. The molecule has 10 N–H and O–H groups in total. The molecule has 0 saturated heterocycles. The van der Waals surface area contributed by atoms with Crippen molar-refractivity contribution in [1.29, 1.82) is 0 Å². The zero-order chi connectivity index (χ0) is 27.4. The lowest BCUT2D eigenvalue weighted by Crippen LogP contribution is -2.58. The number of aromatic amines is 1. The second kappa shape index (κ2) is 14.4. The SMILES string of the molecule is CC(C)CC(NC(=O)C(N)CC(N)=O)C(=O)NC(Cc1cnc[nH]1)C(=O)NC(CCC(=O)O)C(=O)O.